The number of rotatable bonds is 7. The molecule has 3 aromatic rings. The van der Waals surface area contributed by atoms with Gasteiger partial charge in [-0.1, -0.05) is 37.5 Å². The number of nitrogens with one attached hydrogen (secondary N) is 3. The smallest absolute Gasteiger partial charge is 0.371 e. The highest BCUT2D eigenvalue weighted by molar-refractivity contribution is 7.89. The molecule has 0 unspecified atom stereocenters. The third kappa shape index (κ3) is 4.87. The van der Waals surface area contributed by atoms with E-state index in [-0.39, 0.29) is 38.4 Å². The monoisotopic (exact) mass is 500 g/mol. The van der Waals surface area contributed by atoms with Crippen molar-refractivity contribution in [1.29, 1.82) is 0 Å². The van der Waals surface area contributed by atoms with Gasteiger partial charge in [0, 0.05) is 14.1 Å². The number of H-pyrrole nitrogens is 1. The molecule has 0 fully saturated rings. The molecule has 11 nitrogen and oxygen atoms in total. The fourth-order valence-electron chi connectivity index (χ4n) is 3.15. The lowest BCUT2D eigenvalue weighted by Gasteiger charge is -2.29. The SMILES string of the molecule is Cc1ccc([C@H](Nc2[nH]o[n+](=O)c2Nc2ccc(Cl)c(S(=O)(=O)N(C)C)c2O)C(C)(C)C)o1. The number of hydrogen-bond donors (Lipinski definition) is 4. The van der Waals surface area contributed by atoms with Gasteiger partial charge in [0.25, 0.3) is 5.82 Å². The highest BCUT2D eigenvalue weighted by atomic mass is 35.5. The number of hydrogen-bond acceptors (Lipinski definition) is 8. The molecular weight excluding hydrogens is 474 g/mol. The quantitative estimate of drug-likeness (QED) is 0.356. The summed E-state index contributed by atoms with van der Waals surface area (Å²) >= 11 is 6.06. The Labute approximate surface area is 195 Å². The van der Waals surface area contributed by atoms with Crippen LogP contribution in [0.3, 0.4) is 0 Å². The van der Waals surface area contributed by atoms with Gasteiger partial charge < -0.3 is 14.8 Å². The molecule has 180 valence electrons. The number of phenols is 1. The standard InChI is InChI=1S/C20H26ClN5O6S/c1-11-7-10-14(31-11)17(20(2,3)4)23-18-19(26(28)32-24-18)22-13-9-8-12(21)16(15(13)27)33(29,30)25(5)6/h7-10,17,22H,1-6H3,(H2-,23,24,27,28)/p+1/t17-/m0/s1. The maximum Gasteiger partial charge on any atom is 0.371 e. The lowest BCUT2D eigenvalue weighted by molar-refractivity contribution is -0.701. The van der Waals surface area contributed by atoms with Crippen LogP contribution in [0.4, 0.5) is 17.3 Å². The Morgan fingerprint density at radius 3 is 2.42 bits per heavy atom. The predicted octanol–water partition coefficient (Wildman–Crippen LogP) is 3.98. The molecule has 0 radical (unpaired) electrons. The van der Waals surface area contributed by atoms with Crippen LogP contribution < -0.4 is 15.2 Å². The minimum absolute atomic E-state index is 0.0663. The van der Waals surface area contributed by atoms with Crippen LogP contribution in [0, 0.1) is 17.2 Å². The van der Waals surface area contributed by atoms with Crippen molar-refractivity contribution in [2.24, 2.45) is 5.41 Å². The first-order chi connectivity index (χ1) is 15.2. The topological polar surface area (TPSA) is 147 Å². The van der Waals surface area contributed by atoms with E-state index in [0.717, 1.165) is 10.1 Å². The molecule has 4 N–H and O–H groups in total. The van der Waals surface area contributed by atoms with Crippen molar-refractivity contribution < 1.29 is 27.2 Å². The van der Waals surface area contributed by atoms with Gasteiger partial charge >= 0.3 is 5.82 Å². The zero-order valence-corrected chi connectivity index (χ0v) is 20.6. The lowest BCUT2D eigenvalue weighted by Crippen LogP contribution is -2.26. The molecule has 0 saturated heterocycles. The Morgan fingerprint density at radius 2 is 1.88 bits per heavy atom. The molecule has 0 aliphatic carbocycles. The van der Waals surface area contributed by atoms with E-state index in [0.29, 0.717) is 5.76 Å². The second-order valence-corrected chi connectivity index (χ2v) is 11.2. The van der Waals surface area contributed by atoms with Gasteiger partial charge in [-0.05, 0) is 41.5 Å². The summed E-state index contributed by atoms with van der Waals surface area (Å²) in [5, 5.41) is 18.9. The van der Waals surface area contributed by atoms with Crippen LogP contribution in [-0.4, -0.2) is 37.1 Å². The molecule has 0 spiro atoms. The number of phenolic OH excluding ortho intramolecular Hbond substituents is 1. The number of aromatic nitrogens is 2. The van der Waals surface area contributed by atoms with Gasteiger partial charge in [0.1, 0.15) is 22.1 Å². The number of furan rings is 1. The summed E-state index contributed by atoms with van der Waals surface area (Å²) in [6.45, 7) is 7.80. The minimum Gasteiger partial charge on any atom is -0.503 e. The zero-order chi connectivity index (χ0) is 24.7. The first kappa shape index (κ1) is 24.7. The van der Waals surface area contributed by atoms with Crippen LogP contribution >= 0.6 is 11.6 Å². The Kier molecular flexibility index (Phi) is 6.55. The molecule has 13 heteroatoms. The summed E-state index contributed by atoms with van der Waals surface area (Å²) in [5.41, 5.74) is -0.404. The maximum absolute atomic E-state index is 12.6. The van der Waals surface area contributed by atoms with Gasteiger partial charge in [0.2, 0.25) is 10.0 Å². The summed E-state index contributed by atoms with van der Waals surface area (Å²) in [6.07, 6.45) is 0. The van der Waals surface area contributed by atoms with Gasteiger partial charge in [0.15, 0.2) is 10.3 Å². The van der Waals surface area contributed by atoms with Crippen molar-refractivity contribution in [2.75, 3.05) is 24.7 Å². The lowest BCUT2D eigenvalue weighted by atomic mass is 9.85. The first-order valence-corrected chi connectivity index (χ1v) is 11.7. The average Bonchev–Trinajstić information content (AvgIpc) is 3.26. The van der Waals surface area contributed by atoms with Crippen LogP contribution in [0.5, 0.6) is 5.75 Å². The number of benzene rings is 1. The highest BCUT2D eigenvalue weighted by Crippen LogP contribution is 2.41. The molecule has 1 atom stereocenters. The number of sulfonamides is 1. The Bertz CT molecular complexity index is 1320. The molecule has 0 bridgehead atoms. The summed E-state index contributed by atoms with van der Waals surface area (Å²) in [6, 6.07) is 5.94. The van der Waals surface area contributed by atoms with E-state index >= 15 is 0 Å². The fraction of sp³-hybridized carbons (Fsp3) is 0.400. The Hall–Kier alpha value is -2.96. The van der Waals surface area contributed by atoms with Crippen LogP contribution in [0.2, 0.25) is 5.02 Å². The summed E-state index contributed by atoms with van der Waals surface area (Å²) < 4.78 is 37.0. The van der Waals surface area contributed by atoms with Crippen molar-refractivity contribution in [3.8, 4) is 5.75 Å². The van der Waals surface area contributed by atoms with Crippen molar-refractivity contribution in [1.82, 2.24) is 9.46 Å². The zero-order valence-electron chi connectivity index (χ0n) is 19.1. The van der Waals surface area contributed by atoms with Crippen LogP contribution in [0.1, 0.15) is 38.3 Å². The molecule has 2 heterocycles. The van der Waals surface area contributed by atoms with Crippen molar-refractivity contribution in [3.63, 3.8) is 0 Å². The molecule has 0 aliphatic rings. The van der Waals surface area contributed by atoms with Gasteiger partial charge in [-0.25, -0.2) is 12.7 Å². The van der Waals surface area contributed by atoms with E-state index < -0.39 is 20.7 Å². The van der Waals surface area contributed by atoms with E-state index in [1.54, 1.807) is 0 Å². The van der Waals surface area contributed by atoms with E-state index in [1.807, 2.05) is 39.8 Å². The van der Waals surface area contributed by atoms with E-state index in [1.165, 1.54) is 26.2 Å². The van der Waals surface area contributed by atoms with Gasteiger partial charge in [-0.2, -0.15) is 0 Å². The second-order valence-electron chi connectivity index (χ2n) is 8.75. The molecule has 2 aromatic heterocycles. The third-order valence-corrected chi connectivity index (χ3v) is 7.24. The molecule has 0 aliphatic heterocycles. The largest absolute Gasteiger partial charge is 0.503 e. The Balaban J connectivity index is 2.03. The minimum atomic E-state index is -4.06. The van der Waals surface area contributed by atoms with Crippen molar-refractivity contribution in [2.45, 2.75) is 38.6 Å². The third-order valence-electron chi connectivity index (χ3n) is 4.93. The fourth-order valence-corrected chi connectivity index (χ4v) is 4.63. The molecular formula is C20H27ClN5O6S+. The summed E-state index contributed by atoms with van der Waals surface area (Å²) in [7, 11) is -1.44. The number of aryl methyl sites for hydroxylation is 1. The number of halogens is 1. The van der Waals surface area contributed by atoms with Crippen LogP contribution in [0.25, 0.3) is 0 Å². The molecule has 33 heavy (non-hydrogen) atoms. The van der Waals surface area contributed by atoms with Crippen molar-refractivity contribution in [3.05, 3.63) is 45.7 Å². The summed E-state index contributed by atoms with van der Waals surface area (Å²) in [4.78, 5) is 11.9. The molecule has 0 saturated carbocycles. The maximum atomic E-state index is 12.6. The number of aromatic hydroxyl groups is 1. The van der Waals surface area contributed by atoms with Crippen molar-refractivity contribution >= 4 is 38.9 Å². The van der Waals surface area contributed by atoms with Gasteiger partial charge in [0.05, 0.1) is 11.1 Å². The molecule has 0 amide bonds. The van der Waals surface area contributed by atoms with Gasteiger partial charge in [-0.3, -0.25) is 5.32 Å². The van der Waals surface area contributed by atoms with Gasteiger partial charge in [-0.15, -0.1) is 4.63 Å². The number of anilines is 3. The summed E-state index contributed by atoms with van der Waals surface area (Å²) in [5.74, 6) is 0.753. The normalized spacial score (nSPS) is 13.3. The van der Waals surface area contributed by atoms with Crippen LogP contribution in [-0.2, 0) is 10.0 Å². The predicted molar refractivity (Wildman–Crippen MR) is 123 cm³/mol. The van der Waals surface area contributed by atoms with Crippen LogP contribution in [0.15, 0.2) is 38.2 Å². The van der Waals surface area contributed by atoms with E-state index in [4.69, 9.17) is 20.6 Å². The number of nitrogens with zero attached hydrogens (tertiary/aromatic N) is 2. The average molecular weight is 501 g/mol. The molecule has 1 aromatic carbocycles. The van der Waals surface area contributed by atoms with E-state index in [9.17, 15) is 18.4 Å². The first-order valence-electron chi connectivity index (χ1n) is 9.92. The Morgan fingerprint density at radius 1 is 1.21 bits per heavy atom. The van der Waals surface area contributed by atoms with E-state index in [2.05, 4.69) is 15.8 Å². The second kappa shape index (κ2) is 8.76. The highest BCUT2D eigenvalue weighted by Gasteiger charge is 2.34. The molecule has 3 rings (SSSR count). The number of aromatic amines is 1.